The molecule has 7 heteroatoms. The van der Waals surface area contributed by atoms with Crippen LogP contribution < -0.4 is 5.32 Å². The van der Waals surface area contributed by atoms with Gasteiger partial charge in [0.1, 0.15) is 0 Å². The molecule has 0 unspecified atom stereocenters. The van der Waals surface area contributed by atoms with Crippen molar-refractivity contribution in [2.45, 2.75) is 31.1 Å². The maximum absolute atomic E-state index is 12.8. The van der Waals surface area contributed by atoms with Crippen LogP contribution in [0.5, 0.6) is 0 Å². The Labute approximate surface area is 135 Å². The van der Waals surface area contributed by atoms with Crippen molar-refractivity contribution in [3.05, 3.63) is 28.8 Å². The molecule has 0 aliphatic carbocycles. The minimum atomic E-state index is -3.53. The summed E-state index contributed by atoms with van der Waals surface area (Å²) < 4.78 is 27.1. The van der Waals surface area contributed by atoms with Gasteiger partial charge < -0.3 is 5.32 Å². The Morgan fingerprint density at radius 2 is 1.95 bits per heavy atom. The number of hydrogen-bond acceptors (Lipinski definition) is 3. The lowest BCUT2D eigenvalue weighted by Gasteiger charge is -2.37. The molecule has 5 nitrogen and oxygen atoms in total. The van der Waals surface area contributed by atoms with Crippen LogP contribution in [-0.2, 0) is 14.8 Å². The SMILES string of the molecule is Cc1c(Cl)cccc1S(=O)(=O)N1CCC2(CC1)CNC(=O)C2. The van der Waals surface area contributed by atoms with Gasteiger partial charge >= 0.3 is 0 Å². The van der Waals surface area contributed by atoms with Crippen molar-refractivity contribution in [3.63, 3.8) is 0 Å². The first-order valence-corrected chi connectivity index (χ1v) is 9.18. The molecule has 2 saturated heterocycles. The van der Waals surface area contributed by atoms with E-state index in [-0.39, 0.29) is 16.2 Å². The number of nitrogens with one attached hydrogen (secondary N) is 1. The molecule has 0 atom stereocenters. The molecule has 1 aromatic rings. The molecule has 22 heavy (non-hydrogen) atoms. The quantitative estimate of drug-likeness (QED) is 0.893. The fraction of sp³-hybridized carbons (Fsp3) is 0.533. The Kier molecular flexibility index (Phi) is 3.95. The molecular formula is C15H19ClN2O3S. The van der Waals surface area contributed by atoms with Gasteiger partial charge in [-0.1, -0.05) is 17.7 Å². The van der Waals surface area contributed by atoms with Gasteiger partial charge in [-0.25, -0.2) is 8.42 Å². The fourth-order valence-electron chi connectivity index (χ4n) is 3.31. The maximum atomic E-state index is 12.8. The van der Waals surface area contributed by atoms with Crippen molar-refractivity contribution < 1.29 is 13.2 Å². The molecule has 0 saturated carbocycles. The minimum absolute atomic E-state index is 0.0630. The Morgan fingerprint density at radius 1 is 1.27 bits per heavy atom. The largest absolute Gasteiger partial charge is 0.356 e. The molecule has 1 aromatic carbocycles. The van der Waals surface area contributed by atoms with Gasteiger partial charge in [-0.05, 0) is 42.9 Å². The van der Waals surface area contributed by atoms with E-state index in [4.69, 9.17) is 11.6 Å². The Morgan fingerprint density at radius 3 is 2.55 bits per heavy atom. The minimum Gasteiger partial charge on any atom is -0.356 e. The molecule has 2 aliphatic rings. The lowest BCUT2D eigenvalue weighted by atomic mass is 9.78. The molecular weight excluding hydrogens is 324 g/mol. The van der Waals surface area contributed by atoms with Gasteiger partial charge in [-0.15, -0.1) is 0 Å². The number of benzene rings is 1. The number of sulfonamides is 1. The van der Waals surface area contributed by atoms with Gasteiger partial charge in [-0.3, -0.25) is 4.79 Å². The lowest BCUT2D eigenvalue weighted by molar-refractivity contribution is -0.119. The monoisotopic (exact) mass is 342 g/mol. The van der Waals surface area contributed by atoms with E-state index in [1.165, 1.54) is 4.31 Å². The summed E-state index contributed by atoms with van der Waals surface area (Å²) in [4.78, 5) is 11.7. The first-order chi connectivity index (χ1) is 10.3. The van der Waals surface area contributed by atoms with Crippen LogP contribution >= 0.6 is 11.6 Å². The van der Waals surface area contributed by atoms with Crippen LogP contribution in [0.25, 0.3) is 0 Å². The van der Waals surface area contributed by atoms with Crippen molar-refractivity contribution in [1.29, 1.82) is 0 Å². The van der Waals surface area contributed by atoms with Gasteiger partial charge in [-0.2, -0.15) is 4.31 Å². The summed E-state index contributed by atoms with van der Waals surface area (Å²) in [7, 11) is -3.53. The second-order valence-corrected chi connectivity index (χ2v) is 8.53. The molecule has 2 aliphatic heterocycles. The summed E-state index contributed by atoms with van der Waals surface area (Å²) in [6, 6.07) is 4.95. The van der Waals surface area contributed by atoms with Crippen molar-refractivity contribution in [3.8, 4) is 0 Å². The number of piperidine rings is 1. The topological polar surface area (TPSA) is 66.5 Å². The van der Waals surface area contributed by atoms with Crippen LogP contribution in [0.4, 0.5) is 0 Å². The second-order valence-electron chi connectivity index (χ2n) is 6.22. The van der Waals surface area contributed by atoms with Crippen LogP contribution in [0.2, 0.25) is 5.02 Å². The van der Waals surface area contributed by atoms with E-state index in [1.54, 1.807) is 25.1 Å². The highest BCUT2D eigenvalue weighted by Gasteiger charge is 2.43. The van der Waals surface area contributed by atoms with Crippen molar-refractivity contribution in [2.24, 2.45) is 5.41 Å². The summed E-state index contributed by atoms with van der Waals surface area (Å²) in [5.41, 5.74) is 0.522. The third-order valence-electron chi connectivity index (χ3n) is 4.82. The molecule has 0 aromatic heterocycles. The second kappa shape index (κ2) is 5.51. The van der Waals surface area contributed by atoms with Crippen molar-refractivity contribution in [1.82, 2.24) is 9.62 Å². The molecule has 2 fully saturated rings. The molecule has 1 spiro atoms. The zero-order chi connectivity index (χ0) is 16.0. The molecule has 1 N–H and O–H groups in total. The average molecular weight is 343 g/mol. The third kappa shape index (κ3) is 2.64. The predicted molar refractivity (Wildman–Crippen MR) is 84.2 cm³/mol. The number of hydrogen-bond donors (Lipinski definition) is 1. The smallest absolute Gasteiger partial charge is 0.243 e. The van der Waals surface area contributed by atoms with Gasteiger partial charge in [0.2, 0.25) is 15.9 Å². The Bertz CT molecular complexity index is 709. The van der Waals surface area contributed by atoms with E-state index in [0.29, 0.717) is 49.5 Å². The van der Waals surface area contributed by atoms with Crippen LogP contribution in [0.3, 0.4) is 0 Å². The van der Waals surface area contributed by atoms with E-state index < -0.39 is 10.0 Å². The highest BCUT2D eigenvalue weighted by molar-refractivity contribution is 7.89. The highest BCUT2D eigenvalue weighted by Crippen LogP contribution is 2.39. The van der Waals surface area contributed by atoms with Crippen LogP contribution in [0.15, 0.2) is 23.1 Å². The number of carbonyl (C=O) groups excluding carboxylic acids is 1. The summed E-state index contributed by atoms with van der Waals surface area (Å²) in [5.74, 6) is 0.0713. The zero-order valence-electron chi connectivity index (χ0n) is 12.4. The summed E-state index contributed by atoms with van der Waals surface area (Å²) in [6.45, 7) is 3.28. The molecule has 3 rings (SSSR count). The number of halogens is 1. The molecule has 2 heterocycles. The van der Waals surface area contributed by atoms with E-state index in [0.717, 1.165) is 0 Å². The Balaban J connectivity index is 1.80. The van der Waals surface area contributed by atoms with E-state index in [2.05, 4.69) is 5.32 Å². The van der Waals surface area contributed by atoms with Gasteiger partial charge in [0.25, 0.3) is 0 Å². The van der Waals surface area contributed by atoms with Gasteiger partial charge in [0, 0.05) is 31.1 Å². The van der Waals surface area contributed by atoms with Crippen molar-refractivity contribution in [2.75, 3.05) is 19.6 Å². The molecule has 1 amide bonds. The maximum Gasteiger partial charge on any atom is 0.243 e. The average Bonchev–Trinajstić information content (AvgIpc) is 2.83. The summed E-state index contributed by atoms with van der Waals surface area (Å²) in [6.07, 6.45) is 1.94. The Hall–Kier alpha value is -1.11. The van der Waals surface area contributed by atoms with Crippen LogP contribution in [0, 0.1) is 12.3 Å². The standard InChI is InChI=1S/C15H19ClN2O3S/c1-11-12(16)3-2-4-13(11)22(20,21)18-7-5-15(6-8-18)9-14(19)17-10-15/h2-4H,5-10H2,1H3,(H,17,19). The normalized spacial score (nSPS) is 22.0. The van der Waals surface area contributed by atoms with E-state index in [1.807, 2.05) is 0 Å². The number of carbonyl (C=O) groups is 1. The number of nitrogens with zero attached hydrogens (tertiary/aromatic N) is 1. The summed E-state index contributed by atoms with van der Waals surface area (Å²) >= 11 is 6.04. The van der Waals surface area contributed by atoms with E-state index >= 15 is 0 Å². The molecule has 0 radical (unpaired) electrons. The highest BCUT2D eigenvalue weighted by atomic mass is 35.5. The van der Waals surface area contributed by atoms with Gasteiger partial charge in [0.05, 0.1) is 4.90 Å². The van der Waals surface area contributed by atoms with E-state index in [9.17, 15) is 13.2 Å². The molecule has 120 valence electrons. The first-order valence-electron chi connectivity index (χ1n) is 7.36. The van der Waals surface area contributed by atoms with Crippen molar-refractivity contribution >= 4 is 27.5 Å². The predicted octanol–water partition coefficient (Wildman–Crippen LogP) is 1.94. The van der Waals surface area contributed by atoms with Gasteiger partial charge in [0.15, 0.2) is 0 Å². The molecule has 0 bridgehead atoms. The van der Waals surface area contributed by atoms with Crippen LogP contribution in [0.1, 0.15) is 24.8 Å². The van der Waals surface area contributed by atoms with Crippen LogP contribution in [-0.4, -0.2) is 38.3 Å². The zero-order valence-corrected chi connectivity index (χ0v) is 14.0. The summed E-state index contributed by atoms with van der Waals surface area (Å²) in [5, 5.41) is 3.32. The third-order valence-corrected chi connectivity index (χ3v) is 7.27. The number of amides is 1. The lowest BCUT2D eigenvalue weighted by Crippen LogP contribution is -2.44. The first kappa shape index (κ1) is 15.8. The fourth-order valence-corrected chi connectivity index (χ4v) is 5.23. The number of rotatable bonds is 2.